The summed E-state index contributed by atoms with van der Waals surface area (Å²) >= 11 is 0. The van der Waals surface area contributed by atoms with Crippen molar-refractivity contribution in [3.8, 4) is 11.5 Å². The van der Waals surface area contributed by atoms with Gasteiger partial charge < -0.3 is 14.5 Å². The first-order valence-electron chi connectivity index (χ1n) is 14.0. The van der Waals surface area contributed by atoms with Crippen molar-refractivity contribution in [3.05, 3.63) is 48.3 Å². The summed E-state index contributed by atoms with van der Waals surface area (Å²) in [6.07, 6.45) is 5.61. The van der Waals surface area contributed by atoms with Gasteiger partial charge in [0.25, 0.3) is 5.91 Å². The lowest BCUT2D eigenvalue weighted by Crippen LogP contribution is -2.53. The summed E-state index contributed by atoms with van der Waals surface area (Å²) in [6, 6.07) is 8.49. The Hall–Kier alpha value is -4.41. The molecule has 0 saturated carbocycles. The van der Waals surface area contributed by atoms with Crippen molar-refractivity contribution in [2.75, 3.05) is 25.0 Å². The highest BCUT2D eigenvalue weighted by molar-refractivity contribution is 6.27. The van der Waals surface area contributed by atoms with Gasteiger partial charge in [-0.2, -0.15) is 5.10 Å². The predicted octanol–water partition coefficient (Wildman–Crippen LogP) is 4.08. The van der Waals surface area contributed by atoms with Crippen LogP contribution >= 0.6 is 0 Å². The van der Waals surface area contributed by atoms with E-state index in [1.54, 1.807) is 35.4 Å². The topological polar surface area (TPSA) is 117 Å². The molecule has 0 spiro atoms. The maximum absolute atomic E-state index is 13.4. The molecule has 2 fully saturated rings. The first-order chi connectivity index (χ1) is 19.5. The third-order valence-electron chi connectivity index (χ3n) is 8.42. The molecule has 1 aromatic heterocycles. The molecule has 1 N–H and O–H groups in total. The van der Waals surface area contributed by atoms with Crippen LogP contribution in [-0.4, -0.2) is 75.1 Å². The smallest absolute Gasteiger partial charge is 0.320 e. The molecule has 6 rings (SSSR count). The minimum atomic E-state index is -0.739. The number of hydrogen-bond donors (Lipinski definition) is 1. The molecule has 1 unspecified atom stereocenters. The number of carbonyl (C=O) groups excluding carboxylic acids is 4. The lowest BCUT2D eigenvalue weighted by molar-refractivity contribution is -0.134. The molecule has 2 aromatic carbocycles. The Bertz CT molecular complexity index is 1570. The molecule has 4 heterocycles. The average molecular weight is 559 g/mol. The second-order valence-corrected chi connectivity index (χ2v) is 11.9. The largest absolute Gasteiger partial charge is 0.453 e. The highest BCUT2D eigenvalue weighted by atomic mass is 16.5. The highest BCUT2D eigenvalue weighted by Crippen LogP contribution is 2.44. The van der Waals surface area contributed by atoms with Crippen molar-refractivity contribution in [2.45, 2.75) is 64.1 Å². The number of imide groups is 1. The summed E-state index contributed by atoms with van der Waals surface area (Å²) in [4.78, 5) is 55.7. The lowest BCUT2D eigenvalue weighted by Gasteiger charge is -2.39. The van der Waals surface area contributed by atoms with Gasteiger partial charge in [-0.1, -0.05) is 12.1 Å². The molecule has 11 heteroatoms. The van der Waals surface area contributed by atoms with E-state index in [1.807, 2.05) is 49.7 Å². The quantitative estimate of drug-likeness (QED) is 0.483. The summed E-state index contributed by atoms with van der Waals surface area (Å²) in [5, 5.41) is 8.38. The maximum Gasteiger partial charge on any atom is 0.320 e. The number of anilines is 1. The first kappa shape index (κ1) is 26.8. The summed E-state index contributed by atoms with van der Waals surface area (Å²) < 4.78 is 8.17. The van der Waals surface area contributed by atoms with Crippen LogP contribution in [0.25, 0.3) is 10.8 Å². The van der Waals surface area contributed by atoms with Crippen LogP contribution in [0.4, 0.5) is 10.5 Å². The molecule has 1 atom stereocenters. The van der Waals surface area contributed by atoms with Gasteiger partial charge in [0.05, 0.1) is 24.1 Å². The van der Waals surface area contributed by atoms with Gasteiger partial charge in [-0.25, -0.2) is 4.79 Å². The van der Waals surface area contributed by atoms with Gasteiger partial charge in [0.15, 0.2) is 5.75 Å². The van der Waals surface area contributed by atoms with Crippen molar-refractivity contribution < 1.29 is 23.9 Å². The molecule has 0 aliphatic carbocycles. The zero-order valence-corrected chi connectivity index (χ0v) is 23.7. The maximum atomic E-state index is 13.4. The van der Waals surface area contributed by atoms with Crippen LogP contribution in [0.1, 0.15) is 62.9 Å². The lowest BCUT2D eigenvalue weighted by atomic mass is 10.0. The van der Waals surface area contributed by atoms with Crippen LogP contribution in [0.5, 0.6) is 11.5 Å². The Morgan fingerprint density at radius 1 is 1.07 bits per heavy atom. The zero-order chi connectivity index (χ0) is 29.1. The number of urea groups is 1. The Morgan fingerprint density at radius 2 is 1.83 bits per heavy atom. The molecule has 11 nitrogen and oxygen atoms in total. The highest BCUT2D eigenvalue weighted by Gasteiger charge is 2.41. The molecule has 5 amide bonds. The number of aromatic nitrogens is 2. The fourth-order valence-corrected chi connectivity index (χ4v) is 5.83. The van der Waals surface area contributed by atoms with Gasteiger partial charge >= 0.3 is 6.03 Å². The van der Waals surface area contributed by atoms with Gasteiger partial charge in [0.1, 0.15) is 11.8 Å². The Kier molecular flexibility index (Phi) is 6.47. The average Bonchev–Trinajstić information content (AvgIpc) is 3.52. The van der Waals surface area contributed by atoms with Crippen LogP contribution < -0.4 is 15.0 Å². The summed E-state index contributed by atoms with van der Waals surface area (Å²) in [7, 11) is 1.84. The van der Waals surface area contributed by atoms with Crippen LogP contribution in [0.2, 0.25) is 0 Å². The Labute approximate surface area is 238 Å². The summed E-state index contributed by atoms with van der Waals surface area (Å²) in [5.41, 5.74) is 0.903. The van der Waals surface area contributed by atoms with Crippen LogP contribution in [0.15, 0.2) is 42.7 Å². The van der Waals surface area contributed by atoms with Gasteiger partial charge in [0, 0.05) is 48.4 Å². The molecule has 3 aliphatic heterocycles. The molecule has 214 valence electrons. The number of piperidine rings is 2. The summed E-state index contributed by atoms with van der Waals surface area (Å²) in [5.74, 6) is 0.108. The van der Waals surface area contributed by atoms with E-state index in [4.69, 9.17) is 4.74 Å². The SMILES string of the molecule is CN(C(=O)N1CCC(n2cc(Oc3ccc4c5c(cccc35)C(=O)N4C3CCC(=O)NC3=O)cn2)CC1)C(C)(C)C. The van der Waals surface area contributed by atoms with Crippen molar-refractivity contribution in [2.24, 2.45) is 0 Å². The normalized spacial score (nSPS) is 19.6. The van der Waals surface area contributed by atoms with E-state index < -0.39 is 11.9 Å². The fourth-order valence-electron chi connectivity index (χ4n) is 5.83. The number of benzene rings is 2. The van der Waals surface area contributed by atoms with Crippen molar-refractivity contribution >= 4 is 40.2 Å². The number of amides is 5. The minimum Gasteiger partial charge on any atom is -0.453 e. The molecule has 3 aromatic rings. The number of hydrogen-bond acceptors (Lipinski definition) is 6. The molecule has 3 aliphatic rings. The van der Waals surface area contributed by atoms with E-state index in [-0.39, 0.29) is 42.3 Å². The second kappa shape index (κ2) is 9.90. The van der Waals surface area contributed by atoms with Gasteiger partial charge in [-0.15, -0.1) is 0 Å². The van der Waals surface area contributed by atoms with Crippen LogP contribution in [-0.2, 0) is 9.59 Å². The predicted molar refractivity (Wildman–Crippen MR) is 152 cm³/mol. The molecule has 41 heavy (non-hydrogen) atoms. The Morgan fingerprint density at radius 3 is 2.54 bits per heavy atom. The van der Waals surface area contributed by atoms with E-state index in [0.29, 0.717) is 35.8 Å². The molecule has 2 saturated heterocycles. The van der Waals surface area contributed by atoms with Crippen molar-refractivity contribution in [1.29, 1.82) is 0 Å². The van der Waals surface area contributed by atoms with Gasteiger partial charge in [0.2, 0.25) is 11.8 Å². The number of ether oxygens (including phenoxy) is 1. The van der Waals surface area contributed by atoms with E-state index >= 15 is 0 Å². The third-order valence-corrected chi connectivity index (χ3v) is 8.42. The van der Waals surface area contributed by atoms with E-state index in [1.165, 1.54) is 4.90 Å². The van der Waals surface area contributed by atoms with Crippen molar-refractivity contribution in [1.82, 2.24) is 24.9 Å². The second-order valence-electron chi connectivity index (χ2n) is 11.9. The first-order valence-corrected chi connectivity index (χ1v) is 14.0. The third kappa shape index (κ3) is 4.68. The van der Waals surface area contributed by atoms with E-state index in [2.05, 4.69) is 10.4 Å². The number of likely N-dealkylation sites (tertiary alicyclic amines) is 1. The standard InChI is InChI=1S/C30H34N6O5/c1-30(2,3)33(4)29(40)34-14-12-18(13-15-34)35-17-19(16-31-35)41-24-10-8-22-26-20(24)6-5-7-21(26)28(39)36(22)23-9-11-25(37)32-27(23)38/h5-8,10,16-18,23H,9,11-15H2,1-4H3,(H,32,37,38). The number of carbonyl (C=O) groups is 4. The molecular weight excluding hydrogens is 524 g/mol. The number of nitrogens with one attached hydrogen (secondary N) is 1. The van der Waals surface area contributed by atoms with E-state index in [9.17, 15) is 19.2 Å². The minimum absolute atomic E-state index is 0.0437. The van der Waals surface area contributed by atoms with E-state index in [0.717, 1.165) is 23.6 Å². The van der Waals surface area contributed by atoms with Gasteiger partial charge in [-0.3, -0.25) is 29.3 Å². The molecule has 0 radical (unpaired) electrons. The Balaban J connectivity index is 1.18. The van der Waals surface area contributed by atoms with Crippen LogP contribution in [0, 0.1) is 0 Å². The monoisotopic (exact) mass is 558 g/mol. The fraction of sp³-hybridized carbons (Fsp3) is 0.433. The molecular formula is C30H34N6O5. The van der Waals surface area contributed by atoms with Gasteiger partial charge in [-0.05, 0) is 58.2 Å². The number of nitrogens with zero attached hydrogens (tertiary/aromatic N) is 5. The number of rotatable bonds is 4. The zero-order valence-electron chi connectivity index (χ0n) is 23.7. The molecule has 0 bridgehead atoms. The van der Waals surface area contributed by atoms with Crippen LogP contribution in [0.3, 0.4) is 0 Å². The summed E-state index contributed by atoms with van der Waals surface area (Å²) in [6.45, 7) is 7.39. The van der Waals surface area contributed by atoms with Crippen molar-refractivity contribution in [3.63, 3.8) is 0 Å².